The van der Waals surface area contributed by atoms with E-state index in [1.165, 1.54) is 12.0 Å². The molecule has 0 radical (unpaired) electrons. The van der Waals surface area contributed by atoms with Gasteiger partial charge in [0.25, 0.3) is 0 Å². The summed E-state index contributed by atoms with van der Waals surface area (Å²) in [7, 11) is 1.30. The highest BCUT2D eigenvalue weighted by Gasteiger charge is 2.34. The monoisotopic (exact) mass is 665 g/mol. The summed E-state index contributed by atoms with van der Waals surface area (Å²) in [5.41, 5.74) is 2.27. The first-order valence-electron chi connectivity index (χ1n) is 13.1. The van der Waals surface area contributed by atoms with Crippen LogP contribution in [0, 0.1) is 0 Å². The van der Waals surface area contributed by atoms with Crippen LogP contribution in [0.2, 0.25) is 20.1 Å². The van der Waals surface area contributed by atoms with Gasteiger partial charge in [-0.1, -0.05) is 58.5 Å². The van der Waals surface area contributed by atoms with Crippen LogP contribution in [-0.2, 0) is 38.4 Å². The maximum Gasteiger partial charge on any atom is 0.409 e. The lowest BCUT2D eigenvalue weighted by atomic mass is 10.0. The molecular formula is C28H32Cl5N3O5. The third-order valence-corrected chi connectivity index (χ3v) is 8.80. The summed E-state index contributed by atoms with van der Waals surface area (Å²) in [6.45, 7) is 3.20. The van der Waals surface area contributed by atoms with Crippen molar-refractivity contribution in [3.05, 3.63) is 67.1 Å². The number of esters is 1. The molecule has 0 bridgehead atoms. The standard InChI is InChI=1S/C28H31Cl4N3O5.ClH/c1-39-28(38)34-10-11-35(25(36)13-18-4-6-22(29)24(31)12-18)20(15-34)17-40-26(37)14-19-5-7-23(30)27(32)21(19)16-33-8-2-3-9-33;/h4-7,12,20H,2-3,8-11,13-17H2,1H3;1H. The Morgan fingerprint density at radius 2 is 1.61 bits per heavy atom. The number of hydrogen-bond donors (Lipinski definition) is 0. The molecule has 2 amide bonds. The van der Waals surface area contributed by atoms with Crippen LogP contribution in [0.25, 0.3) is 0 Å². The summed E-state index contributed by atoms with van der Waals surface area (Å²) in [4.78, 5) is 43.9. The molecule has 8 nitrogen and oxygen atoms in total. The van der Waals surface area contributed by atoms with Crippen LogP contribution in [0.4, 0.5) is 4.79 Å². The molecule has 0 N–H and O–H groups in total. The molecule has 2 aromatic rings. The summed E-state index contributed by atoms with van der Waals surface area (Å²) in [6.07, 6.45) is 1.84. The molecule has 0 spiro atoms. The molecule has 1 unspecified atom stereocenters. The second kappa shape index (κ2) is 15.5. The van der Waals surface area contributed by atoms with E-state index in [0.717, 1.165) is 37.1 Å². The van der Waals surface area contributed by atoms with Crippen LogP contribution in [0.1, 0.15) is 29.5 Å². The fourth-order valence-electron chi connectivity index (χ4n) is 5.08. The average Bonchev–Trinajstić information content (AvgIpc) is 3.46. The van der Waals surface area contributed by atoms with Crippen molar-refractivity contribution in [1.29, 1.82) is 0 Å². The van der Waals surface area contributed by atoms with Crippen LogP contribution >= 0.6 is 58.8 Å². The summed E-state index contributed by atoms with van der Waals surface area (Å²) < 4.78 is 10.5. The Bertz CT molecular complexity index is 1260. The molecule has 2 aliphatic rings. The number of rotatable bonds is 8. The third-order valence-electron chi connectivity index (χ3n) is 7.22. The normalized spacial score (nSPS) is 17.2. The SMILES string of the molecule is COC(=O)N1CCN(C(=O)Cc2ccc(Cl)c(Cl)c2)C(COC(=O)Cc2ccc(Cl)c(Cl)c2CN2CCCC2)C1.Cl. The number of methoxy groups -OCH3 is 1. The van der Waals surface area contributed by atoms with Crippen molar-refractivity contribution < 1.29 is 23.9 Å². The zero-order valence-electron chi connectivity index (χ0n) is 22.5. The van der Waals surface area contributed by atoms with Crippen LogP contribution < -0.4 is 0 Å². The zero-order chi connectivity index (χ0) is 28.8. The Hall–Kier alpha value is -1.94. The molecule has 2 saturated heterocycles. The van der Waals surface area contributed by atoms with Crippen LogP contribution in [0.15, 0.2) is 30.3 Å². The minimum atomic E-state index is -0.551. The van der Waals surface area contributed by atoms with Gasteiger partial charge in [-0.2, -0.15) is 0 Å². The Kier molecular flexibility index (Phi) is 12.7. The van der Waals surface area contributed by atoms with Crippen molar-refractivity contribution in [3.8, 4) is 0 Å². The van der Waals surface area contributed by atoms with Gasteiger partial charge in [-0.15, -0.1) is 12.4 Å². The van der Waals surface area contributed by atoms with Crippen LogP contribution in [-0.4, -0.2) is 85.2 Å². The van der Waals surface area contributed by atoms with E-state index in [1.54, 1.807) is 35.2 Å². The van der Waals surface area contributed by atoms with Crippen molar-refractivity contribution in [2.75, 3.05) is 46.4 Å². The number of carbonyl (C=O) groups excluding carboxylic acids is 3. The number of benzene rings is 2. The topological polar surface area (TPSA) is 79.4 Å². The van der Waals surface area contributed by atoms with Gasteiger partial charge in [0.1, 0.15) is 6.61 Å². The van der Waals surface area contributed by atoms with E-state index >= 15 is 0 Å². The van der Waals surface area contributed by atoms with Gasteiger partial charge in [0.15, 0.2) is 0 Å². The van der Waals surface area contributed by atoms with E-state index < -0.39 is 18.1 Å². The van der Waals surface area contributed by atoms with Gasteiger partial charge in [0.05, 0.1) is 46.1 Å². The Morgan fingerprint density at radius 1 is 0.902 bits per heavy atom. The predicted octanol–water partition coefficient (Wildman–Crippen LogP) is 5.93. The Balaban J connectivity index is 0.00000462. The number of likely N-dealkylation sites (tertiary alicyclic amines) is 1. The van der Waals surface area contributed by atoms with E-state index in [1.807, 2.05) is 0 Å². The number of piperazine rings is 1. The van der Waals surface area contributed by atoms with Gasteiger partial charge in [0.2, 0.25) is 5.91 Å². The Morgan fingerprint density at radius 3 is 2.29 bits per heavy atom. The molecular weight excluding hydrogens is 636 g/mol. The van der Waals surface area contributed by atoms with E-state index in [0.29, 0.717) is 38.7 Å². The maximum atomic E-state index is 13.3. The van der Waals surface area contributed by atoms with Gasteiger partial charge in [-0.05, 0) is 60.8 Å². The van der Waals surface area contributed by atoms with E-state index in [2.05, 4.69) is 4.90 Å². The molecule has 224 valence electrons. The number of nitrogens with zero attached hydrogens (tertiary/aromatic N) is 3. The van der Waals surface area contributed by atoms with E-state index in [-0.39, 0.29) is 50.9 Å². The number of carbonyl (C=O) groups is 3. The number of halogens is 5. The predicted molar refractivity (Wildman–Crippen MR) is 163 cm³/mol. The van der Waals surface area contributed by atoms with E-state index in [4.69, 9.17) is 55.9 Å². The molecule has 0 aliphatic carbocycles. The fraction of sp³-hybridized carbons (Fsp3) is 0.464. The summed E-state index contributed by atoms with van der Waals surface area (Å²) in [6, 6.07) is 7.96. The van der Waals surface area contributed by atoms with Crippen LogP contribution in [0.5, 0.6) is 0 Å². The van der Waals surface area contributed by atoms with Crippen molar-refractivity contribution in [3.63, 3.8) is 0 Å². The minimum absolute atomic E-state index is 0. The molecule has 2 aromatic carbocycles. The number of amides is 2. The first-order chi connectivity index (χ1) is 19.2. The lowest BCUT2D eigenvalue weighted by Gasteiger charge is -2.40. The van der Waals surface area contributed by atoms with Gasteiger partial charge < -0.3 is 19.3 Å². The summed E-state index contributed by atoms with van der Waals surface area (Å²) in [5, 5.41) is 1.65. The molecule has 2 heterocycles. The average molecular weight is 668 g/mol. The van der Waals surface area contributed by atoms with Crippen molar-refractivity contribution in [2.45, 2.75) is 38.3 Å². The fourth-order valence-corrected chi connectivity index (χ4v) is 5.82. The minimum Gasteiger partial charge on any atom is -0.463 e. The number of hydrogen-bond acceptors (Lipinski definition) is 6. The third kappa shape index (κ3) is 8.78. The maximum absolute atomic E-state index is 13.3. The first kappa shape index (κ1) is 33.6. The lowest BCUT2D eigenvalue weighted by Crippen LogP contribution is -2.58. The van der Waals surface area contributed by atoms with E-state index in [9.17, 15) is 14.4 Å². The Labute approximate surface area is 266 Å². The van der Waals surface area contributed by atoms with Crippen LogP contribution in [0.3, 0.4) is 0 Å². The molecule has 4 rings (SSSR count). The van der Waals surface area contributed by atoms with Crippen molar-refractivity contribution in [2.24, 2.45) is 0 Å². The molecule has 41 heavy (non-hydrogen) atoms. The second-order valence-corrected chi connectivity index (χ2v) is 11.5. The molecule has 0 saturated carbocycles. The van der Waals surface area contributed by atoms with Gasteiger partial charge >= 0.3 is 12.1 Å². The highest BCUT2D eigenvalue weighted by molar-refractivity contribution is 6.42. The number of ether oxygens (including phenoxy) is 2. The molecule has 0 aromatic heterocycles. The smallest absolute Gasteiger partial charge is 0.409 e. The second-order valence-electron chi connectivity index (χ2n) is 9.92. The molecule has 2 aliphatic heterocycles. The zero-order valence-corrected chi connectivity index (χ0v) is 26.4. The molecule has 2 fully saturated rings. The van der Waals surface area contributed by atoms with Crippen molar-refractivity contribution >= 4 is 76.8 Å². The molecule has 13 heteroatoms. The summed E-state index contributed by atoms with van der Waals surface area (Å²) in [5.74, 6) is -0.644. The van der Waals surface area contributed by atoms with Gasteiger partial charge in [-0.25, -0.2) is 4.79 Å². The summed E-state index contributed by atoms with van der Waals surface area (Å²) >= 11 is 24.9. The van der Waals surface area contributed by atoms with Crippen molar-refractivity contribution in [1.82, 2.24) is 14.7 Å². The van der Waals surface area contributed by atoms with Gasteiger partial charge in [0, 0.05) is 26.2 Å². The lowest BCUT2D eigenvalue weighted by molar-refractivity contribution is -0.149. The van der Waals surface area contributed by atoms with Gasteiger partial charge in [-0.3, -0.25) is 14.5 Å². The quantitative estimate of drug-likeness (QED) is 0.325. The highest BCUT2D eigenvalue weighted by atomic mass is 35.5. The largest absolute Gasteiger partial charge is 0.463 e. The molecule has 1 atom stereocenters. The highest BCUT2D eigenvalue weighted by Crippen LogP contribution is 2.31. The first-order valence-corrected chi connectivity index (χ1v) is 14.6.